The van der Waals surface area contributed by atoms with Crippen LogP contribution in [0.15, 0.2) is 48.5 Å². The highest BCUT2D eigenvalue weighted by atomic mass is 35.5. The van der Waals surface area contributed by atoms with E-state index < -0.39 is 0 Å². The number of halogens is 1. The molecule has 2 rings (SSSR count). The van der Waals surface area contributed by atoms with Crippen molar-refractivity contribution in [1.82, 2.24) is 5.32 Å². The Kier molecular flexibility index (Phi) is 6.42. The van der Waals surface area contributed by atoms with E-state index in [-0.39, 0.29) is 11.8 Å². The van der Waals surface area contributed by atoms with E-state index in [0.717, 1.165) is 11.4 Å². The van der Waals surface area contributed by atoms with Gasteiger partial charge in [-0.3, -0.25) is 9.59 Å². The minimum Gasteiger partial charge on any atom is -0.378 e. The number of nitrogens with zero attached hydrogens (tertiary/aromatic N) is 2. The fourth-order valence-corrected chi connectivity index (χ4v) is 2.60. The number of carbonyl (C=O) groups is 2. The molecule has 0 saturated carbocycles. The van der Waals surface area contributed by atoms with Gasteiger partial charge in [0.25, 0.3) is 5.91 Å². The summed E-state index contributed by atoms with van der Waals surface area (Å²) in [5.74, 6) is -0.288. The van der Waals surface area contributed by atoms with E-state index in [1.54, 1.807) is 29.2 Å². The Morgan fingerprint density at radius 1 is 1.04 bits per heavy atom. The Bertz CT molecular complexity index is 745. The summed E-state index contributed by atoms with van der Waals surface area (Å²) in [5.41, 5.74) is 2.36. The molecule has 0 aliphatic heterocycles. The summed E-state index contributed by atoms with van der Waals surface area (Å²) in [5, 5.41) is 3.32. The normalized spacial score (nSPS) is 10.2. The first-order valence-electron chi connectivity index (χ1n) is 7.97. The molecule has 6 heteroatoms. The molecule has 1 N–H and O–H groups in total. The Balaban J connectivity index is 1.98. The van der Waals surface area contributed by atoms with Crippen LogP contribution in [0.5, 0.6) is 0 Å². The summed E-state index contributed by atoms with van der Waals surface area (Å²) in [6.45, 7) is 2.25. The van der Waals surface area contributed by atoms with Crippen LogP contribution in [0.3, 0.4) is 0 Å². The number of amides is 2. The van der Waals surface area contributed by atoms with Gasteiger partial charge in [-0.2, -0.15) is 0 Å². The Morgan fingerprint density at radius 2 is 1.68 bits per heavy atom. The minimum atomic E-state index is -0.214. The Morgan fingerprint density at radius 3 is 2.24 bits per heavy atom. The lowest BCUT2D eigenvalue weighted by molar-refractivity contribution is -0.116. The number of nitrogens with one attached hydrogen (secondary N) is 1. The van der Waals surface area contributed by atoms with Gasteiger partial charge in [0.05, 0.1) is 0 Å². The van der Waals surface area contributed by atoms with Crippen molar-refractivity contribution in [2.24, 2.45) is 0 Å². The van der Waals surface area contributed by atoms with E-state index in [1.807, 2.05) is 43.3 Å². The molecule has 0 atom stereocenters. The van der Waals surface area contributed by atoms with Gasteiger partial charge in [0.1, 0.15) is 0 Å². The van der Waals surface area contributed by atoms with Crippen LogP contribution in [0.4, 0.5) is 11.4 Å². The standard InChI is InChI=1S/C19H22ClN3O2/c1-14(24)23(18-9-7-17(8-10-18)22(2)3)12-11-21-19(25)15-5-4-6-16(20)13-15/h4-10,13H,11-12H2,1-3H3,(H,21,25). The van der Waals surface area contributed by atoms with Gasteiger partial charge in [-0.15, -0.1) is 0 Å². The van der Waals surface area contributed by atoms with E-state index in [0.29, 0.717) is 23.7 Å². The number of hydrogen-bond donors (Lipinski definition) is 1. The average molecular weight is 360 g/mol. The largest absolute Gasteiger partial charge is 0.378 e. The van der Waals surface area contributed by atoms with E-state index in [2.05, 4.69) is 5.32 Å². The van der Waals surface area contributed by atoms with Crippen LogP contribution in [0.2, 0.25) is 5.02 Å². The molecule has 0 aromatic heterocycles. The molecule has 25 heavy (non-hydrogen) atoms. The summed E-state index contributed by atoms with van der Waals surface area (Å²) >= 11 is 5.89. The van der Waals surface area contributed by atoms with Gasteiger partial charge in [-0.1, -0.05) is 17.7 Å². The summed E-state index contributed by atoms with van der Waals surface area (Å²) in [4.78, 5) is 27.7. The maximum atomic E-state index is 12.1. The van der Waals surface area contributed by atoms with E-state index >= 15 is 0 Å². The van der Waals surface area contributed by atoms with Crippen LogP contribution in [0.1, 0.15) is 17.3 Å². The highest BCUT2D eigenvalue weighted by molar-refractivity contribution is 6.30. The maximum Gasteiger partial charge on any atom is 0.251 e. The van der Waals surface area contributed by atoms with Gasteiger partial charge < -0.3 is 15.1 Å². The van der Waals surface area contributed by atoms with Crippen molar-refractivity contribution in [3.8, 4) is 0 Å². The first-order chi connectivity index (χ1) is 11.9. The summed E-state index contributed by atoms with van der Waals surface area (Å²) in [6, 6.07) is 14.5. The zero-order valence-electron chi connectivity index (χ0n) is 14.6. The lowest BCUT2D eigenvalue weighted by atomic mass is 10.2. The summed E-state index contributed by atoms with van der Waals surface area (Å²) in [6.07, 6.45) is 0. The fraction of sp³-hybridized carbons (Fsp3) is 0.263. The number of carbonyl (C=O) groups excluding carboxylic acids is 2. The van der Waals surface area contributed by atoms with Crippen molar-refractivity contribution in [2.45, 2.75) is 6.92 Å². The van der Waals surface area contributed by atoms with Gasteiger partial charge in [0, 0.05) is 56.1 Å². The summed E-state index contributed by atoms with van der Waals surface area (Å²) in [7, 11) is 3.92. The first-order valence-corrected chi connectivity index (χ1v) is 8.35. The number of anilines is 2. The van der Waals surface area contributed by atoms with Crippen LogP contribution in [-0.2, 0) is 4.79 Å². The molecule has 2 aromatic rings. The van der Waals surface area contributed by atoms with Crippen LogP contribution in [0.25, 0.3) is 0 Å². The minimum absolute atomic E-state index is 0.0744. The lowest BCUT2D eigenvalue weighted by Gasteiger charge is -2.22. The third-order valence-electron chi connectivity index (χ3n) is 3.77. The molecule has 0 spiro atoms. The van der Waals surface area contributed by atoms with Crippen LogP contribution in [-0.4, -0.2) is 39.0 Å². The predicted molar refractivity (Wildman–Crippen MR) is 103 cm³/mol. The van der Waals surface area contributed by atoms with Gasteiger partial charge in [0.15, 0.2) is 0 Å². The number of hydrogen-bond acceptors (Lipinski definition) is 3. The SMILES string of the molecule is CC(=O)N(CCNC(=O)c1cccc(Cl)c1)c1ccc(N(C)C)cc1. The van der Waals surface area contributed by atoms with Crippen molar-refractivity contribution in [3.63, 3.8) is 0 Å². The van der Waals surface area contributed by atoms with Crippen LogP contribution in [0, 0.1) is 0 Å². The molecule has 5 nitrogen and oxygen atoms in total. The molecule has 0 unspecified atom stereocenters. The molecule has 0 aliphatic carbocycles. The van der Waals surface area contributed by atoms with E-state index in [9.17, 15) is 9.59 Å². The quantitative estimate of drug-likeness (QED) is 0.861. The molecule has 0 bridgehead atoms. The lowest BCUT2D eigenvalue weighted by Crippen LogP contribution is -2.37. The molecule has 132 valence electrons. The van der Waals surface area contributed by atoms with Crippen molar-refractivity contribution in [2.75, 3.05) is 37.0 Å². The molecule has 2 amide bonds. The third kappa shape index (κ3) is 5.22. The highest BCUT2D eigenvalue weighted by Gasteiger charge is 2.12. The van der Waals surface area contributed by atoms with Crippen molar-refractivity contribution in [3.05, 3.63) is 59.1 Å². The first kappa shape index (κ1) is 18.8. The molecular weight excluding hydrogens is 338 g/mol. The molecule has 2 aromatic carbocycles. The van der Waals surface area contributed by atoms with Crippen LogP contribution >= 0.6 is 11.6 Å². The molecule has 0 heterocycles. The monoisotopic (exact) mass is 359 g/mol. The van der Waals surface area contributed by atoms with Gasteiger partial charge in [0.2, 0.25) is 5.91 Å². The molecule has 0 aliphatic rings. The zero-order valence-corrected chi connectivity index (χ0v) is 15.4. The second-order valence-electron chi connectivity index (χ2n) is 5.85. The predicted octanol–water partition coefficient (Wildman–Crippen LogP) is 3.19. The van der Waals surface area contributed by atoms with Crippen molar-refractivity contribution in [1.29, 1.82) is 0 Å². The summed E-state index contributed by atoms with van der Waals surface area (Å²) < 4.78 is 0. The molecular formula is C19H22ClN3O2. The van der Waals surface area contributed by atoms with Crippen LogP contribution < -0.4 is 15.1 Å². The van der Waals surface area contributed by atoms with E-state index in [4.69, 9.17) is 11.6 Å². The Labute approximate surface area is 153 Å². The fourth-order valence-electron chi connectivity index (χ4n) is 2.41. The average Bonchev–Trinajstić information content (AvgIpc) is 2.58. The van der Waals surface area contributed by atoms with Crippen molar-refractivity contribution < 1.29 is 9.59 Å². The smallest absolute Gasteiger partial charge is 0.251 e. The van der Waals surface area contributed by atoms with Gasteiger partial charge >= 0.3 is 0 Å². The van der Waals surface area contributed by atoms with E-state index in [1.165, 1.54) is 6.92 Å². The molecule has 0 radical (unpaired) electrons. The zero-order chi connectivity index (χ0) is 18.4. The highest BCUT2D eigenvalue weighted by Crippen LogP contribution is 2.19. The molecule has 0 saturated heterocycles. The third-order valence-corrected chi connectivity index (χ3v) is 4.00. The van der Waals surface area contributed by atoms with Gasteiger partial charge in [-0.05, 0) is 42.5 Å². The second kappa shape index (κ2) is 8.53. The van der Waals surface area contributed by atoms with Crippen molar-refractivity contribution >= 4 is 34.8 Å². The topological polar surface area (TPSA) is 52.7 Å². The van der Waals surface area contributed by atoms with Gasteiger partial charge in [-0.25, -0.2) is 0 Å². The molecule has 0 fully saturated rings. The Hall–Kier alpha value is -2.53. The number of rotatable bonds is 6. The maximum absolute atomic E-state index is 12.1. The number of benzene rings is 2. The second-order valence-corrected chi connectivity index (χ2v) is 6.28.